The van der Waals surface area contributed by atoms with Crippen LogP contribution in [0, 0.1) is 0 Å². The molecule has 3 rings (SSSR count). The van der Waals surface area contributed by atoms with Crippen molar-refractivity contribution in [2.24, 2.45) is 0 Å². The number of nitrogens with one attached hydrogen (secondary N) is 2. The molecule has 4 amide bonds. The summed E-state index contributed by atoms with van der Waals surface area (Å²) in [4.78, 5) is 80.2. The number of pyridine rings is 1. The molecular formula is C24H25N5O8. The predicted molar refractivity (Wildman–Crippen MR) is 129 cm³/mol. The van der Waals surface area contributed by atoms with E-state index in [1.807, 2.05) is 0 Å². The van der Waals surface area contributed by atoms with E-state index in [0.29, 0.717) is 6.29 Å². The van der Waals surface area contributed by atoms with Gasteiger partial charge in [-0.2, -0.15) is 0 Å². The molecule has 1 aliphatic heterocycles. The predicted octanol–water partition coefficient (Wildman–Crippen LogP) is -1.08. The van der Waals surface area contributed by atoms with Crippen LogP contribution >= 0.6 is 0 Å². The first kappa shape index (κ1) is 26.9. The highest BCUT2D eigenvalue weighted by atomic mass is 16.3. The average molecular weight is 511 g/mol. The first-order valence-corrected chi connectivity index (χ1v) is 11.2. The number of aldehydes is 1. The summed E-state index contributed by atoms with van der Waals surface area (Å²) in [7, 11) is 0. The second kappa shape index (κ2) is 11.9. The molecule has 4 N–H and O–H groups in total. The second-order valence-corrected chi connectivity index (χ2v) is 8.22. The molecule has 194 valence electrons. The standard InChI is InChI=1S/C24H25N5O8/c1-14(32)8-16(12-30)26-21(34)11-29-19-5-3-2-4-18(19)28(22(35)13-31)10-17(24(29)37)27-23(36)15-6-7-20(33)25-9-15/h2-7,9,12,16-17,31H,8,10-11,13H2,1H3,(H,25,33)(H,26,34)(H,27,36)/t16-,17-/m0/s1. The lowest BCUT2D eigenvalue weighted by Crippen LogP contribution is -2.55. The lowest BCUT2D eigenvalue weighted by molar-refractivity contribution is -0.127. The number of aromatic nitrogens is 1. The van der Waals surface area contributed by atoms with Crippen LogP contribution in [0.4, 0.5) is 11.4 Å². The Balaban J connectivity index is 1.95. The Morgan fingerprint density at radius 1 is 1.16 bits per heavy atom. The van der Waals surface area contributed by atoms with E-state index in [9.17, 15) is 39.0 Å². The summed E-state index contributed by atoms with van der Waals surface area (Å²) in [5.74, 6) is -3.62. The number of aromatic hydroxyl groups is 1. The minimum atomic E-state index is -1.35. The number of nitrogens with zero attached hydrogens (tertiary/aromatic N) is 3. The molecule has 0 bridgehead atoms. The minimum Gasteiger partial charge on any atom is -0.493 e. The smallest absolute Gasteiger partial charge is 0.253 e. The fourth-order valence-electron chi connectivity index (χ4n) is 3.78. The van der Waals surface area contributed by atoms with Gasteiger partial charge in [0.1, 0.15) is 31.3 Å². The minimum absolute atomic E-state index is 0.0229. The van der Waals surface area contributed by atoms with Crippen LogP contribution in [0.1, 0.15) is 23.7 Å². The molecule has 2 atom stereocenters. The van der Waals surface area contributed by atoms with E-state index in [2.05, 4.69) is 15.6 Å². The normalized spacial score (nSPS) is 15.7. The summed E-state index contributed by atoms with van der Waals surface area (Å²) in [6, 6.07) is 6.19. The maximum absolute atomic E-state index is 13.6. The summed E-state index contributed by atoms with van der Waals surface area (Å²) in [5, 5.41) is 23.8. The first-order chi connectivity index (χ1) is 17.6. The van der Waals surface area contributed by atoms with Gasteiger partial charge >= 0.3 is 0 Å². The third kappa shape index (κ3) is 6.52. The van der Waals surface area contributed by atoms with Crippen molar-refractivity contribution in [2.45, 2.75) is 25.4 Å². The molecule has 0 spiro atoms. The van der Waals surface area contributed by atoms with E-state index in [1.54, 1.807) is 12.1 Å². The van der Waals surface area contributed by atoms with Crippen LogP contribution in [0.2, 0.25) is 0 Å². The molecule has 0 saturated heterocycles. The van der Waals surface area contributed by atoms with Crippen LogP contribution in [0.3, 0.4) is 0 Å². The molecular weight excluding hydrogens is 486 g/mol. The van der Waals surface area contributed by atoms with Gasteiger partial charge in [0, 0.05) is 18.7 Å². The van der Waals surface area contributed by atoms with E-state index < -0.39 is 48.9 Å². The zero-order chi connectivity index (χ0) is 27.1. The Morgan fingerprint density at radius 2 is 1.86 bits per heavy atom. The van der Waals surface area contributed by atoms with Gasteiger partial charge in [0.05, 0.1) is 29.5 Å². The van der Waals surface area contributed by atoms with Crippen LogP contribution in [0.25, 0.3) is 0 Å². The van der Waals surface area contributed by atoms with Crippen molar-refractivity contribution in [2.75, 3.05) is 29.5 Å². The molecule has 0 unspecified atom stereocenters. The van der Waals surface area contributed by atoms with Crippen molar-refractivity contribution < 1.29 is 39.0 Å². The number of carbonyl (C=O) groups excluding carboxylic acids is 6. The van der Waals surface area contributed by atoms with Crippen LogP contribution in [-0.4, -0.2) is 82.7 Å². The Morgan fingerprint density at radius 3 is 2.46 bits per heavy atom. The quantitative estimate of drug-likeness (QED) is 0.304. The highest BCUT2D eigenvalue weighted by Crippen LogP contribution is 2.33. The van der Waals surface area contributed by atoms with E-state index in [1.165, 1.54) is 31.2 Å². The number of fused-ring (bicyclic) bond motifs is 1. The van der Waals surface area contributed by atoms with Crippen LogP contribution < -0.4 is 20.4 Å². The van der Waals surface area contributed by atoms with Gasteiger partial charge in [0.2, 0.25) is 11.8 Å². The van der Waals surface area contributed by atoms with Gasteiger partial charge in [0.25, 0.3) is 17.7 Å². The number of amides is 4. The van der Waals surface area contributed by atoms with E-state index >= 15 is 0 Å². The molecule has 1 aromatic carbocycles. The number of aliphatic hydroxyl groups is 1. The lowest BCUT2D eigenvalue weighted by atomic mass is 10.1. The summed E-state index contributed by atoms with van der Waals surface area (Å²) >= 11 is 0. The fraction of sp³-hybridized carbons (Fsp3) is 0.292. The number of benzene rings is 1. The van der Waals surface area contributed by atoms with Crippen molar-refractivity contribution in [3.05, 3.63) is 48.2 Å². The van der Waals surface area contributed by atoms with Gasteiger partial charge in [-0.05, 0) is 25.1 Å². The molecule has 0 aliphatic carbocycles. The number of anilines is 2. The maximum Gasteiger partial charge on any atom is 0.253 e. The van der Waals surface area contributed by atoms with Crippen molar-refractivity contribution in [3.63, 3.8) is 0 Å². The second-order valence-electron chi connectivity index (χ2n) is 8.22. The van der Waals surface area contributed by atoms with Gasteiger partial charge in [-0.15, -0.1) is 0 Å². The molecule has 2 heterocycles. The number of para-hydroxylation sites is 2. The molecule has 1 aliphatic rings. The molecule has 0 saturated carbocycles. The number of hydrogen-bond donors (Lipinski definition) is 4. The van der Waals surface area contributed by atoms with Crippen LogP contribution in [0.15, 0.2) is 42.6 Å². The molecule has 2 aromatic rings. The largest absolute Gasteiger partial charge is 0.493 e. The Bertz CT molecular complexity index is 1220. The zero-order valence-corrected chi connectivity index (χ0v) is 19.8. The summed E-state index contributed by atoms with van der Waals surface area (Å²) < 4.78 is 0. The highest BCUT2D eigenvalue weighted by molar-refractivity contribution is 6.11. The van der Waals surface area contributed by atoms with Crippen molar-refractivity contribution in [1.82, 2.24) is 15.6 Å². The molecule has 13 nitrogen and oxygen atoms in total. The van der Waals surface area contributed by atoms with Gasteiger partial charge in [-0.3, -0.25) is 28.9 Å². The Kier molecular flexibility index (Phi) is 8.64. The summed E-state index contributed by atoms with van der Waals surface area (Å²) in [6.07, 6.45) is 1.28. The van der Waals surface area contributed by atoms with Crippen molar-refractivity contribution in [1.29, 1.82) is 0 Å². The molecule has 0 radical (unpaired) electrons. The van der Waals surface area contributed by atoms with Gasteiger partial charge in [-0.1, -0.05) is 12.1 Å². The Hall–Kier alpha value is -4.65. The average Bonchev–Trinajstić information content (AvgIpc) is 2.98. The van der Waals surface area contributed by atoms with Gasteiger partial charge in [-0.25, -0.2) is 4.98 Å². The molecule has 0 fully saturated rings. The monoisotopic (exact) mass is 511 g/mol. The first-order valence-electron chi connectivity index (χ1n) is 11.2. The third-order valence-electron chi connectivity index (χ3n) is 5.46. The SMILES string of the molecule is CC(=O)C[C@@H](C=O)NC(=O)CN1C(=O)[C@@H](NC(=O)c2ccc(O)nc2)CN(C(=O)CO)c2ccccc21. The molecule has 37 heavy (non-hydrogen) atoms. The van der Waals surface area contributed by atoms with Crippen LogP contribution in [0.5, 0.6) is 5.88 Å². The lowest BCUT2D eigenvalue weighted by Gasteiger charge is -2.25. The summed E-state index contributed by atoms with van der Waals surface area (Å²) in [5.41, 5.74) is 0.387. The van der Waals surface area contributed by atoms with E-state index in [-0.39, 0.29) is 41.6 Å². The third-order valence-corrected chi connectivity index (χ3v) is 5.46. The van der Waals surface area contributed by atoms with E-state index in [4.69, 9.17) is 0 Å². The van der Waals surface area contributed by atoms with Gasteiger partial charge < -0.3 is 30.5 Å². The van der Waals surface area contributed by atoms with Crippen molar-refractivity contribution in [3.8, 4) is 5.88 Å². The number of Topliss-reactive ketones (excluding diaryl/α,β-unsaturated/α-hetero) is 1. The van der Waals surface area contributed by atoms with Crippen LogP contribution in [-0.2, 0) is 24.0 Å². The number of carbonyl (C=O) groups is 6. The number of rotatable bonds is 9. The topological polar surface area (TPSA) is 186 Å². The Labute approximate surface area is 211 Å². The molecule has 13 heteroatoms. The highest BCUT2D eigenvalue weighted by Gasteiger charge is 2.37. The van der Waals surface area contributed by atoms with Gasteiger partial charge in [0.15, 0.2) is 0 Å². The number of ketones is 1. The fourth-order valence-corrected chi connectivity index (χ4v) is 3.78. The van der Waals surface area contributed by atoms with E-state index in [0.717, 1.165) is 16.0 Å². The zero-order valence-electron chi connectivity index (χ0n) is 19.8. The molecule has 1 aromatic heterocycles. The number of aliphatic hydroxyl groups excluding tert-OH is 1. The number of hydrogen-bond acceptors (Lipinski definition) is 9. The van der Waals surface area contributed by atoms with Crippen molar-refractivity contribution >= 4 is 47.1 Å². The maximum atomic E-state index is 13.6. The summed E-state index contributed by atoms with van der Waals surface area (Å²) in [6.45, 7) is -0.559.